The minimum absolute atomic E-state index is 0.528. The number of hydrogen-bond donors (Lipinski definition) is 2. The zero-order valence-corrected chi connectivity index (χ0v) is 17.6. The van der Waals surface area contributed by atoms with E-state index in [1.165, 1.54) is 5.56 Å². The molecule has 0 aliphatic rings. The quantitative estimate of drug-likeness (QED) is 0.431. The van der Waals surface area contributed by atoms with Gasteiger partial charge < -0.3 is 20.2 Å². The lowest BCUT2D eigenvalue weighted by atomic mass is 10.1. The van der Waals surface area contributed by atoms with E-state index < -0.39 is 0 Å². The molecule has 0 radical (unpaired) electrons. The van der Waals surface area contributed by atoms with Crippen LogP contribution < -0.4 is 11.1 Å². The Morgan fingerprint density at radius 2 is 1.74 bits per heavy atom. The molecule has 0 saturated carbocycles. The highest BCUT2D eigenvalue weighted by Crippen LogP contribution is 2.27. The first-order valence-corrected chi connectivity index (χ1v) is 10.2. The molecule has 154 valence electrons. The molecule has 0 spiro atoms. The zero-order valence-electron chi connectivity index (χ0n) is 17.6. The summed E-state index contributed by atoms with van der Waals surface area (Å²) < 4.78 is 4.28. The Morgan fingerprint density at radius 3 is 2.48 bits per heavy atom. The Balaban J connectivity index is 1.63. The maximum absolute atomic E-state index is 5.92. The molecular weight excluding hydrogens is 384 g/mol. The van der Waals surface area contributed by atoms with E-state index >= 15 is 0 Å². The number of aromatic nitrogens is 4. The van der Waals surface area contributed by atoms with Crippen LogP contribution in [0.1, 0.15) is 17.0 Å². The van der Waals surface area contributed by atoms with Crippen LogP contribution in [0.2, 0.25) is 0 Å². The first kappa shape index (κ1) is 18.9. The number of nitrogens with one attached hydrogen (secondary N) is 1. The average molecular weight is 409 g/mol. The first-order valence-electron chi connectivity index (χ1n) is 10.2. The van der Waals surface area contributed by atoms with Gasteiger partial charge in [-0.15, -0.1) is 0 Å². The molecule has 0 bridgehead atoms. The van der Waals surface area contributed by atoms with E-state index in [1.807, 2.05) is 43.4 Å². The van der Waals surface area contributed by atoms with Gasteiger partial charge in [-0.25, -0.2) is 9.97 Å². The lowest BCUT2D eigenvalue weighted by Gasteiger charge is -2.11. The molecule has 0 aliphatic heterocycles. The summed E-state index contributed by atoms with van der Waals surface area (Å²) in [6.07, 6.45) is 0. The van der Waals surface area contributed by atoms with Crippen LogP contribution >= 0.6 is 0 Å². The van der Waals surface area contributed by atoms with Gasteiger partial charge in [-0.2, -0.15) is 0 Å². The summed E-state index contributed by atoms with van der Waals surface area (Å²) in [5.41, 5.74) is 13.5. The van der Waals surface area contributed by atoms with Gasteiger partial charge >= 0.3 is 0 Å². The van der Waals surface area contributed by atoms with Crippen molar-refractivity contribution < 1.29 is 0 Å². The van der Waals surface area contributed by atoms with E-state index in [9.17, 15) is 0 Å². The zero-order chi connectivity index (χ0) is 21.5. The molecule has 5 aromatic rings. The number of hydrogen-bond acceptors (Lipinski definition) is 4. The number of aryl methyl sites for hydroxylation is 2. The smallest absolute Gasteiger partial charge is 0.208 e. The van der Waals surface area contributed by atoms with Gasteiger partial charge in [0.15, 0.2) is 0 Å². The predicted octanol–water partition coefficient (Wildman–Crippen LogP) is 4.95. The number of imidazole rings is 2. The fourth-order valence-corrected chi connectivity index (χ4v) is 3.83. The van der Waals surface area contributed by atoms with Gasteiger partial charge in [-0.05, 0) is 48.9 Å². The first-order chi connectivity index (χ1) is 15.0. The van der Waals surface area contributed by atoms with Crippen LogP contribution in [0, 0.1) is 6.92 Å². The normalized spacial score (nSPS) is 11.3. The number of nitrogens with zero attached hydrogens (tertiary/aromatic N) is 4. The molecule has 0 fully saturated rings. The Hall–Kier alpha value is -4.06. The molecule has 2 aromatic heterocycles. The van der Waals surface area contributed by atoms with E-state index in [-0.39, 0.29) is 0 Å². The topological polar surface area (TPSA) is 73.7 Å². The molecule has 0 aliphatic carbocycles. The summed E-state index contributed by atoms with van der Waals surface area (Å²) in [5.74, 6) is 1.71. The van der Waals surface area contributed by atoms with Crippen LogP contribution in [0.4, 0.5) is 11.6 Å². The van der Waals surface area contributed by atoms with Gasteiger partial charge in [0.1, 0.15) is 5.82 Å². The Labute approximate surface area is 180 Å². The summed E-state index contributed by atoms with van der Waals surface area (Å²) in [4.78, 5) is 9.72. The molecule has 0 amide bonds. The molecule has 31 heavy (non-hydrogen) atoms. The summed E-state index contributed by atoms with van der Waals surface area (Å²) in [6.45, 7) is 6.51. The maximum atomic E-state index is 5.92. The molecule has 6 heteroatoms. The van der Waals surface area contributed by atoms with Crippen LogP contribution in [-0.4, -0.2) is 19.1 Å². The molecule has 3 N–H and O–H groups in total. The molecule has 5 rings (SSSR count). The van der Waals surface area contributed by atoms with Crippen molar-refractivity contribution in [2.75, 3.05) is 5.32 Å². The van der Waals surface area contributed by atoms with Crippen LogP contribution in [-0.2, 0) is 13.6 Å². The Bertz CT molecular complexity index is 1420. The van der Waals surface area contributed by atoms with Crippen molar-refractivity contribution in [3.8, 4) is 0 Å². The summed E-state index contributed by atoms with van der Waals surface area (Å²) in [6, 6.07) is 22.4. The van der Waals surface area contributed by atoms with Crippen LogP contribution in [0.3, 0.4) is 0 Å². The number of para-hydroxylation sites is 2. The second-order valence-electron chi connectivity index (χ2n) is 7.82. The minimum Gasteiger partial charge on any atom is -0.399 e. The summed E-state index contributed by atoms with van der Waals surface area (Å²) in [5, 5.41) is 3.47. The molecule has 0 unspecified atom stereocenters. The molecule has 2 heterocycles. The van der Waals surface area contributed by atoms with Crippen molar-refractivity contribution in [1.29, 1.82) is 0 Å². The average Bonchev–Trinajstić information content (AvgIpc) is 3.27. The SMILES string of the molecule is C=C(N)c1ccc2c(c1)nc(Nc1ccc(C)cc1)n2Cc1nc2ccccc2n1C. The van der Waals surface area contributed by atoms with Crippen molar-refractivity contribution in [2.45, 2.75) is 13.5 Å². The van der Waals surface area contributed by atoms with Gasteiger partial charge in [0, 0.05) is 18.4 Å². The fourth-order valence-electron chi connectivity index (χ4n) is 3.83. The van der Waals surface area contributed by atoms with Gasteiger partial charge in [0.2, 0.25) is 5.95 Å². The van der Waals surface area contributed by atoms with E-state index in [2.05, 4.69) is 58.3 Å². The highest BCUT2D eigenvalue weighted by molar-refractivity contribution is 5.83. The van der Waals surface area contributed by atoms with E-state index in [0.717, 1.165) is 45.1 Å². The third-order valence-electron chi connectivity index (χ3n) is 5.61. The third kappa shape index (κ3) is 3.42. The second kappa shape index (κ2) is 7.32. The van der Waals surface area contributed by atoms with Gasteiger partial charge in [-0.1, -0.05) is 42.5 Å². The number of benzene rings is 3. The molecular formula is C25H24N6. The molecule has 0 saturated heterocycles. The van der Waals surface area contributed by atoms with Gasteiger partial charge in [-0.3, -0.25) is 0 Å². The third-order valence-corrected chi connectivity index (χ3v) is 5.61. The van der Waals surface area contributed by atoms with Crippen molar-refractivity contribution in [3.63, 3.8) is 0 Å². The lowest BCUT2D eigenvalue weighted by molar-refractivity contribution is 0.729. The minimum atomic E-state index is 0.528. The second-order valence-corrected chi connectivity index (χ2v) is 7.82. The molecule has 3 aromatic carbocycles. The van der Waals surface area contributed by atoms with Crippen LogP contribution in [0.15, 0.2) is 73.3 Å². The number of anilines is 2. The van der Waals surface area contributed by atoms with Crippen molar-refractivity contribution in [1.82, 2.24) is 19.1 Å². The number of rotatable bonds is 5. The predicted molar refractivity (Wildman–Crippen MR) is 127 cm³/mol. The van der Waals surface area contributed by atoms with Gasteiger partial charge in [0.25, 0.3) is 0 Å². The van der Waals surface area contributed by atoms with Crippen molar-refractivity contribution in [2.24, 2.45) is 12.8 Å². The number of nitrogens with two attached hydrogens (primary N) is 1. The molecule has 6 nitrogen and oxygen atoms in total. The van der Waals surface area contributed by atoms with E-state index in [4.69, 9.17) is 15.7 Å². The Kier molecular flexibility index (Phi) is 4.47. The fraction of sp³-hybridized carbons (Fsp3) is 0.120. The highest BCUT2D eigenvalue weighted by atomic mass is 15.2. The molecule has 0 atom stereocenters. The highest BCUT2D eigenvalue weighted by Gasteiger charge is 2.16. The number of fused-ring (bicyclic) bond motifs is 2. The summed E-state index contributed by atoms with van der Waals surface area (Å²) >= 11 is 0. The van der Waals surface area contributed by atoms with Crippen molar-refractivity contribution >= 4 is 39.4 Å². The van der Waals surface area contributed by atoms with E-state index in [1.54, 1.807) is 0 Å². The van der Waals surface area contributed by atoms with Gasteiger partial charge in [0.05, 0.1) is 28.6 Å². The lowest BCUT2D eigenvalue weighted by Crippen LogP contribution is -2.09. The van der Waals surface area contributed by atoms with E-state index in [0.29, 0.717) is 12.2 Å². The standard InChI is InChI=1S/C25H24N6/c1-16-8-11-19(12-9-16)27-25-29-21-14-18(17(2)26)10-13-23(21)31(25)15-24-28-20-6-4-5-7-22(20)30(24)3/h4-14H,2,15,26H2,1,3H3,(H,27,29). The van der Waals surface area contributed by atoms with Crippen molar-refractivity contribution in [3.05, 3.63) is 90.3 Å². The van der Waals surface area contributed by atoms with Crippen LogP contribution in [0.5, 0.6) is 0 Å². The monoisotopic (exact) mass is 408 g/mol. The summed E-state index contributed by atoms with van der Waals surface area (Å²) in [7, 11) is 2.05. The Morgan fingerprint density at radius 1 is 0.968 bits per heavy atom. The largest absolute Gasteiger partial charge is 0.399 e. The van der Waals surface area contributed by atoms with Crippen LogP contribution in [0.25, 0.3) is 27.8 Å². The maximum Gasteiger partial charge on any atom is 0.208 e.